The van der Waals surface area contributed by atoms with E-state index in [4.69, 9.17) is 0 Å². The summed E-state index contributed by atoms with van der Waals surface area (Å²) in [7, 11) is 0. The maximum absolute atomic E-state index is 11.8. The zero-order chi connectivity index (χ0) is 9.85. The standard InChI is InChI=1S/C10H14O3/c1-9(2)6-3-4-10(5-6,7(9)11)8(12)13/h6H,3-5H2,1-2H3,(H,12,13)/p-1/t6-,10+/m1/s1. The molecule has 0 radical (unpaired) electrons. The number of aliphatic carboxylic acids is 1. The van der Waals surface area contributed by atoms with Gasteiger partial charge in [-0.25, -0.2) is 0 Å². The van der Waals surface area contributed by atoms with Crippen LogP contribution in [0, 0.1) is 16.7 Å². The predicted octanol–water partition coefficient (Wildman–Crippen LogP) is 0.132. The maximum atomic E-state index is 11.8. The summed E-state index contributed by atoms with van der Waals surface area (Å²) in [5.41, 5.74) is -1.58. The van der Waals surface area contributed by atoms with Crippen LogP contribution in [0.1, 0.15) is 33.1 Å². The van der Waals surface area contributed by atoms with Gasteiger partial charge in [0.2, 0.25) is 0 Å². The molecule has 3 heteroatoms. The third-order valence-electron chi connectivity index (χ3n) is 3.95. The number of carbonyl (C=O) groups excluding carboxylic acids is 2. The van der Waals surface area contributed by atoms with E-state index < -0.39 is 16.8 Å². The van der Waals surface area contributed by atoms with E-state index in [0.717, 1.165) is 6.42 Å². The SMILES string of the molecule is CC1(C)C(=O)[C@]2(C(=O)[O-])CC[C@@H]1C2. The third-order valence-corrected chi connectivity index (χ3v) is 3.95. The fourth-order valence-corrected chi connectivity index (χ4v) is 2.95. The Morgan fingerprint density at radius 3 is 2.46 bits per heavy atom. The van der Waals surface area contributed by atoms with Crippen molar-refractivity contribution in [3.63, 3.8) is 0 Å². The Labute approximate surface area is 77.1 Å². The highest BCUT2D eigenvalue weighted by Crippen LogP contribution is 2.59. The van der Waals surface area contributed by atoms with Crippen molar-refractivity contribution in [1.29, 1.82) is 0 Å². The van der Waals surface area contributed by atoms with E-state index in [1.807, 2.05) is 13.8 Å². The van der Waals surface area contributed by atoms with Crippen LogP contribution in [0.25, 0.3) is 0 Å². The Morgan fingerprint density at radius 1 is 1.54 bits per heavy atom. The zero-order valence-corrected chi connectivity index (χ0v) is 7.92. The number of Topliss-reactive ketones (excluding diaryl/α,β-unsaturated/α-hetero) is 1. The molecule has 0 aromatic rings. The molecule has 72 valence electrons. The summed E-state index contributed by atoms with van der Waals surface area (Å²) >= 11 is 0. The molecule has 3 nitrogen and oxygen atoms in total. The van der Waals surface area contributed by atoms with Crippen LogP contribution < -0.4 is 5.11 Å². The molecule has 2 rings (SSSR count). The molecule has 2 saturated carbocycles. The smallest absolute Gasteiger partial charge is 0.150 e. The lowest BCUT2D eigenvalue weighted by molar-refractivity contribution is -0.316. The Bertz CT molecular complexity index is 293. The molecule has 2 aliphatic rings. The van der Waals surface area contributed by atoms with E-state index in [1.54, 1.807) is 0 Å². The van der Waals surface area contributed by atoms with E-state index in [1.165, 1.54) is 0 Å². The van der Waals surface area contributed by atoms with E-state index in [9.17, 15) is 14.7 Å². The zero-order valence-electron chi connectivity index (χ0n) is 7.92. The van der Waals surface area contributed by atoms with E-state index in [2.05, 4.69) is 0 Å². The molecular weight excluding hydrogens is 168 g/mol. The molecule has 0 aromatic heterocycles. The van der Waals surface area contributed by atoms with Crippen molar-refractivity contribution in [3.05, 3.63) is 0 Å². The molecule has 2 aliphatic carbocycles. The van der Waals surface area contributed by atoms with Gasteiger partial charge in [0, 0.05) is 5.41 Å². The Hall–Kier alpha value is -0.860. The average molecular weight is 181 g/mol. The first-order valence-electron chi connectivity index (χ1n) is 4.67. The van der Waals surface area contributed by atoms with Gasteiger partial charge in [-0.1, -0.05) is 13.8 Å². The molecule has 2 fully saturated rings. The van der Waals surface area contributed by atoms with Crippen molar-refractivity contribution < 1.29 is 14.7 Å². The van der Waals surface area contributed by atoms with Gasteiger partial charge in [-0.2, -0.15) is 0 Å². The lowest BCUT2D eigenvalue weighted by Crippen LogP contribution is -2.48. The molecule has 0 aromatic carbocycles. The fourth-order valence-electron chi connectivity index (χ4n) is 2.95. The number of carbonyl (C=O) groups is 2. The van der Waals surface area contributed by atoms with Gasteiger partial charge in [0.05, 0.1) is 11.4 Å². The highest BCUT2D eigenvalue weighted by Gasteiger charge is 2.62. The van der Waals surface area contributed by atoms with Crippen molar-refractivity contribution in [2.24, 2.45) is 16.7 Å². The molecule has 0 N–H and O–H groups in total. The van der Waals surface area contributed by atoms with Gasteiger partial charge in [-0.05, 0) is 25.2 Å². The van der Waals surface area contributed by atoms with Crippen molar-refractivity contribution in [2.75, 3.05) is 0 Å². The first-order valence-corrected chi connectivity index (χ1v) is 4.67. The second kappa shape index (κ2) is 2.14. The van der Waals surface area contributed by atoms with Gasteiger partial charge in [0.15, 0.2) is 0 Å². The second-order valence-electron chi connectivity index (χ2n) is 4.86. The molecule has 0 saturated heterocycles. The summed E-state index contributed by atoms with van der Waals surface area (Å²) < 4.78 is 0. The summed E-state index contributed by atoms with van der Waals surface area (Å²) in [5, 5.41) is 10.9. The summed E-state index contributed by atoms with van der Waals surface area (Å²) in [4.78, 5) is 22.8. The number of hydrogen-bond acceptors (Lipinski definition) is 3. The number of carboxylic acid groups (broad SMARTS) is 1. The average Bonchev–Trinajstić information content (AvgIpc) is 2.53. The molecule has 0 amide bonds. The van der Waals surface area contributed by atoms with Gasteiger partial charge < -0.3 is 9.90 Å². The van der Waals surface area contributed by atoms with Crippen LogP contribution in [0.5, 0.6) is 0 Å². The highest BCUT2D eigenvalue weighted by molar-refractivity contribution is 6.07. The maximum Gasteiger partial charge on any atom is 0.150 e. The highest BCUT2D eigenvalue weighted by atomic mass is 16.4. The summed E-state index contributed by atoms with van der Waals surface area (Å²) in [5.74, 6) is -1.03. The lowest BCUT2D eigenvalue weighted by atomic mass is 9.71. The first-order chi connectivity index (χ1) is 5.91. The van der Waals surface area contributed by atoms with Crippen molar-refractivity contribution in [3.8, 4) is 0 Å². The fraction of sp³-hybridized carbons (Fsp3) is 0.800. The molecule has 0 spiro atoms. The number of hydrogen-bond donors (Lipinski definition) is 0. The molecule has 2 atom stereocenters. The minimum absolute atomic E-state index is 0.115. The number of rotatable bonds is 1. The Morgan fingerprint density at radius 2 is 2.15 bits per heavy atom. The minimum Gasteiger partial charge on any atom is -0.549 e. The monoisotopic (exact) mass is 181 g/mol. The Balaban J connectivity index is 2.46. The molecule has 0 heterocycles. The van der Waals surface area contributed by atoms with E-state index >= 15 is 0 Å². The van der Waals surface area contributed by atoms with Crippen LogP contribution in [0.3, 0.4) is 0 Å². The van der Waals surface area contributed by atoms with Crippen LogP contribution in [0.4, 0.5) is 0 Å². The van der Waals surface area contributed by atoms with Crippen LogP contribution >= 0.6 is 0 Å². The first kappa shape index (κ1) is 8.73. The minimum atomic E-state index is -1.16. The lowest BCUT2D eigenvalue weighted by Gasteiger charge is -2.33. The van der Waals surface area contributed by atoms with Crippen molar-refractivity contribution in [1.82, 2.24) is 0 Å². The molecule has 0 unspecified atom stereocenters. The number of ketones is 1. The molecule has 13 heavy (non-hydrogen) atoms. The molecule has 2 bridgehead atoms. The third kappa shape index (κ3) is 0.798. The van der Waals surface area contributed by atoms with Crippen LogP contribution in [-0.2, 0) is 9.59 Å². The molecule has 0 aliphatic heterocycles. The van der Waals surface area contributed by atoms with Crippen molar-refractivity contribution >= 4 is 11.8 Å². The number of fused-ring (bicyclic) bond motifs is 2. The summed E-state index contributed by atoms with van der Waals surface area (Å²) in [6.07, 6.45) is 1.84. The topological polar surface area (TPSA) is 57.2 Å². The largest absolute Gasteiger partial charge is 0.549 e. The quantitative estimate of drug-likeness (QED) is 0.540. The van der Waals surface area contributed by atoms with Gasteiger partial charge in [-0.3, -0.25) is 4.79 Å². The van der Waals surface area contributed by atoms with Gasteiger partial charge >= 0.3 is 0 Å². The van der Waals surface area contributed by atoms with Gasteiger partial charge in [0.25, 0.3) is 0 Å². The van der Waals surface area contributed by atoms with E-state index in [0.29, 0.717) is 12.8 Å². The summed E-state index contributed by atoms with van der Waals surface area (Å²) in [6, 6.07) is 0. The van der Waals surface area contributed by atoms with Crippen molar-refractivity contribution in [2.45, 2.75) is 33.1 Å². The Kier molecular flexibility index (Phi) is 1.44. The molecular formula is C10H13O3-. The second-order valence-corrected chi connectivity index (χ2v) is 4.86. The number of carboxylic acids is 1. The van der Waals surface area contributed by atoms with Gasteiger partial charge in [0.1, 0.15) is 5.78 Å². The van der Waals surface area contributed by atoms with Crippen LogP contribution in [0.2, 0.25) is 0 Å². The normalized spacial score (nSPS) is 41.1. The van der Waals surface area contributed by atoms with Gasteiger partial charge in [-0.15, -0.1) is 0 Å². The van der Waals surface area contributed by atoms with E-state index in [-0.39, 0.29) is 11.7 Å². The predicted molar refractivity (Wildman–Crippen MR) is 43.6 cm³/mol. The van der Waals surface area contributed by atoms with Crippen LogP contribution in [-0.4, -0.2) is 11.8 Å². The van der Waals surface area contributed by atoms with Crippen LogP contribution in [0.15, 0.2) is 0 Å². The summed E-state index contributed by atoms with van der Waals surface area (Å²) in [6.45, 7) is 3.70.